The number of nitrogens with one attached hydrogen (secondary N) is 1. The van der Waals surface area contributed by atoms with E-state index in [4.69, 9.17) is 0 Å². The summed E-state index contributed by atoms with van der Waals surface area (Å²) in [4.78, 5) is 12.4. The van der Waals surface area contributed by atoms with Gasteiger partial charge in [-0.15, -0.1) is 11.3 Å². The van der Waals surface area contributed by atoms with E-state index in [1.165, 1.54) is 4.88 Å². The van der Waals surface area contributed by atoms with E-state index in [1.807, 2.05) is 20.2 Å². The van der Waals surface area contributed by atoms with Crippen molar-refractivity contribution < 1.29 is 0 Å². The number of rotatable bonds is 5. The Hall–Kier alpha value is -1.62. The normalized spacial score (nSPS) is 10.4. The molecule has 0 atom stereocenters. The first-order chi connectivity index (χ1) is 8.74. The smallest absolute Gasteiger partial charge is 0.224 e. The van der Waals surface area contributed by atoms with Crippen LogP contribution in [0.15, 0.2) is 23.7 Å². The van der Waals surface area contributed by atoms with Crippen molar-refractivity contribution in [3.05, 3.63) is 34.2 Å². The first-order valence-corrected chi connectivity index (χ1v) is 6.91. The minimum Gasteiger partial charge on any atom is -0.357 e. The lowest BCUT2D eigenvalue weighted by Gasteiger charge is -2.23. The minimum absolute atomic E-state index is 0.667. The van der Waals surface area contributed by atoms with E-state index in [0.29, 0.717) is 5.95 Å². The van der Waals surface area contributed by atoms with Gasteiger partial charge in [0.05, 0.1) is 6.54 Å². The van der Waals surface area contributed by atoms with Gasteiger partial charge in [0, 0.05) is 30.2 Å². The maximum atomic E-state index is 4.55. The molecule has 0 bridgehead atoms. The summed E-state index contributed by atoms with van der Waals surface area (Å²) in [5, 5.41) is 5.09. The summed E-state index contributed by atoms with van der Waals surface area (Å²) in [5.74, 6) is 1.67. The van der Waals surface area contributed by atoms with E-state index >= 15 is 0 Å². The highest BCUT2D eigenvalue weighted by molar-refractivity contribution is 7.09. The molecule has 0 aliphatic rings. The van der Waals surface area contributed by atoms with Crippen LogP contribution in [0.5, 0.6) is 0 Å². The van der Waals surface area contributed by atoms with E-state index in [-0.39, 0.29) is 0 Å². The second-order valence-electron chi connectivity index (χ2n) is 4.04. The zero-order chi connectivity index (χ0) is 13.0. The van der Waals surface area contributed by atoms with Crippen molar-refractivity contribution in [3.63, 3.8) is 0 Å². The second kappa shape index (κ2) is 5.82. The molecule has 0 fully saturated rings. The standard InChI is InChI=1S/C13H18N4S/c1-4-17(9-11-6-5-7-18-11)12-10(2)8-15-13(14-3)16-12/h5-8H,4,9H2,1-3H3,(H,14,15,16). The van der Waals surface area contributed by atoms with Crippen LogP contribution < -0.4 is 10.2 Å². The maximum absolute atomic E-state index is 4.55. The van der Waals surface area contributed by atoms with E-state index in [2.05, 4.69) is 44.6 Å². The molecule has 2 aromatic rings. The number of hydrogen-bond donors (Lipinski definition) is 1. The van der Waals surface area contributed by atoms with Crippen LogP contribution in [0.1, 0.15) is 17.4 Å². The third-order valence-electron chi connectivity index (χ3n) is 2.78. The lowest BCUT2D eigenvalue weighted by Crippen LogP contribution is -2.24. The Labute approximate surface area is 112 Å². The molecule has 0 aliphatic carbocycles. The molecular weight excluding hydrogens is 244 g/mol. The first-order valence-electron chi connectivity index (χ1n) is 6.03. The van der Waals surface area contributed by atoms with Gasteiger partial charge >= 0.3 is 0 Å². The quantitative estimate of drug-likeness (QED) is 0.899. The van der Waals surface area contributed by atoms with Gasteiger partial charge < -0.3 is 10.2 Å². The average Bonchev–Trinajstić information content (AvgIpc) is 2.90. The van der Waals surface area contributed by atoms with Crippen molar-refractivity contribution in [2.24, 2.45) is 0 Å². The van der Waals surface area contributed by atoms with Gasteiger partial charge in [0.2, 0.25) is 5.95 Å². The molecule has 1 N–H and O–H groups in total. The van der Waals surface area contributed by atoms with Crippen LogP contribution in [0.2, 0.25) is 0 Å². The molecule has 0 spiro atoms. The van der Waals surface area contributed by atoms with Crippen LogP contribution in [0, 0.1) is 6.92 Å². The van der Waals surface area contributed by atoms with Gasteiger partial charge in [-0.05, 0) is 25.3 Å². The lowest BCUT2D eigenvalue weighted by molar-refractivity contribution is 0.814. The SMILES string of the molecule is CCN(Cc1cccs1)c1nc(NC)ncc1C. The number of aryl methyl sites for hydroxylation is 1. The van der Waals surface area contributed by atoms with Crippen LogP contribution in [0.4, 0.5) is 11.8 Å². The molecule has 2 aromatic heterocycles. The number of thiophene rings is 1. The summed E-state index contributed by atoms with van der Waals surface area (Å²) >= 11 is 1.78. The number of nitrogens with zero attached hydrogens (tertiary/aromatic N) is 3. The van der Waals surface area contributed by atoms with Crippen LogP contribution in [0.3, 0.4) is 0 Å². The van der Waals surface area contributed by atoms with Crippen molar-refractivity contribution in [2.75, 3.05) is 23.8 Å². The highest BCUT2D eigenvalue weighted by atomic mass is 32.1. The Kier molecular flexibility index (Phi) is 4.15. The van der Waals surface area contributed by atoms with Gasteiger partial charge in [-0.3, -0.25) is 0 Å². The Morgan fingerprint density at radius 3 is 2.89 bits per heavy atom. The summed E-state index contributed by atoms with van der Waals surface area (Å²) in [6.07, 6.45) is 1.87. The molecule has 0 radical (unpaired) electrons. The summed E-state index contributed by atoms with van der Waals surface area (Å²) in [6, 6.07) is 4.24. The van der Waals surface area contributed by atoms with E-state index in [1.54, 1.807) is 11.3 Å². The van der Waals surface area contributed by atoms with Gasteiger partial charge in [0.1, 0.15) is 5.82 Å². The Balaban J connectivity index is 2.26. The second-order valence-corrected chi connectivity index (χ2v) is 5.08. The van der Waals surface area contributed by atoms with Gasteiger partial charge in [0.25, 0.3) is 0 Å². The average molecular weight is 262 g/mol. The van der Waals surface area contributed by atoms with Crippen LogP contribution in [-0.2, 0) is 6.54 Å². The first kappa shape index (κ1) is 12.8. The predicted molar refractivity (Wildman–Crippen MR) is 77.4 cm³/mol. The molecule has 18 heavy (non-hydrogen) atoms. The molecule has 0 saturated heterocycles. The molecule has 0 saturated carbocycles. The number of aromatic nitrogens is 2. The number of hydrogen-bond acceptors (Lipinski definition) is 5. The van der Waals surface area contributed by atoms with Gasteiger partial charge in [-0.1, -0.05) is 6.07 Å². The molecule has 2 heterocycles. The largest absolute Gasteiger partial charge is 0.357 e. The zero-order valence-electron chi connectivity index (χ0n) is 11.0. The van der Waals surface area contributed by atoms with E-state index in [9.17, 15) is 0 Å². The summed E-state index contributed by atoms with van der Waals surface area (Å²) < 4.78 is 0. The van der Waals surface area contributed by atoms with Crippen LogP contribution in [-0.4, -0.2) is 23.6 Å². The third kappa shape index (κ3) is 2.79. The summed E-state index contributed by atoms with van der Waals surface area (Å²) in [7, 11) is 1.84. The van der Waals surface area contributed by atoms with Crippen molar-refractivity contribution in [2.45, 2.75) is 20.4 Å². The summed E-state index contributed by atoms with van der Waals surface area (Å²) in [6.45, 7) is 6.02. The maximum Gasteiger partial charge on any atom is 0.224 e. The van der Waals surface area contributed by atoms with E-state index < -0.39 is 0 Å². The van der Waals surface area contributed by atoms with Crippen molar-refractivity contribution in [3.8, 4) is 0 Å². The molecular formula is C13H18N4S. The minimum atomic E-state index is 0.667. The van der Waals surface area contributed by atoms with Crippen molar-refractivity contribution in [1.82, 2.24) is 9.97 Å². The van der Waals surface area contributed by atoms with Gasteiger partial charge in [-0.2, -0.15) is 4.98 Å². The monoisotopic (exact) mass is 262 g/mol. The number of anilines is 2. The van der Waals surface area contributed by atoms with Gasteiger partial charge in [0.15, 0.2) is 0 Å². The van der Waals surface area contributed by atoms with E-state index in [0.717, 1.165) is 24.5 Å². The van der Waals surface area contributed by atoms with Crippen molar-refractivity contribution >= 4 is 23.1 Å². The van der Waals surface area contributed by atoms with Crippen LogP contribution >= 0.6 is 11.3 Å². The Morgan fingerprint density at radius 1 is 1.44 bits per heavy atom. The van der Waals surface area contributed by atoms with Crippen molar-refractivity contribution in [1.29, 1.82) is 0 Å². The fourth-order valence-corrected chi connectivity index (χ4v) is 2.52. The summed E-state index contributed by atoms with van der Waals surface area (Å²) in [5.41, 5.74) is 1.10. The fourth-order valence-electron chi connectivity index (χ4n) is 1.80. The zero-order valence-corrected chi connectivity index (χ0v) is 11.8. The molecule has 0 unspecified atom stereocenters. The highest BCUT2D eigenvalue weighted by Gasteiger charge is 2.11. The molecule has 0 amide bonds. The molecule has 0 aromatic carbocycles. The predicted octanol–water partition coefficient (Wildman–Crippen LogP) is 2.91. The molecule has 96 valence electrons. The Morgan fingerprint density at radius 2 is 2.28 bits per heavy atom. The topological polar surface area (TPSA) is 41.1 Å². The highest BCUT2D eigenvalue weighted by Crippen LogP contribution is 2.21. The Bertz CT molecular complexity index is 496. The molecule has 2 rings (SSSR count). The molecule has 5 heteroatoms. The lowest BCUT2D eigenvalue weighted by atomic mass is 10.3. The molecule has 4 nitrogen and oxygen atoms in total. The van der Waals surface area contributed by atoms with Crippen LogP contribution in [0.25, 0.3) is 0 Å². The third-order valence-corrected chi connectivity index (χ3v) is 3.64. The molecule has 0 aliphatic heterocycles. The fraction of sp³-hybridized carbons (Fsp3) is 0.385. The van der Waals surface area contributed by atoms with Gasteiger partial charge in [-0.25, -0.2) is 4.98 Å².